The third-order valence-electron chi connectivity index (χ3n) is 5.99. The van der Waals surface area contributed by atoms with Crippen LogP contribution in [0.2, 0.25) is 5.02 Å². The van der Waals surface area contributed by atoms with Gasteiger partial charge in [-0.2, -0.15) is 0 Å². The van der Waals surface area contributed by atoms with Crippen molar-refractivity contribution in [1.82, 2.24) is 10.2 Å². The number of amides is 1. The lowest BCUT2D eigenvalue weighted by atomic mass is 9.94. The van der Waals surface area contributed by atoms with E-state index in [2.05, 4.69) is 5.32 Å². The Bertz CT molecular complexity index is 1060. The van der Waals surface area contributed by atoms with Gasteiger partial charge < -0.3 is 14.8 Å². The molecule has 1 N–H and O–H groups in total. The van der Waals surface area contributed by atoms with Crippen LogP contribution in [0.5, 0.6) is 11.5 Å². The number of carbonyl (C=O) groups is 1. The lowest BCUT2D eigenvalue weighted by Crippen LogP contribution is -2.41. The Kier molecular flexibility index (Phi) is 7.01. The summed E-state index contributed by atoms with van der Waals surface area (Å²) in [5.41, 5.74) is 3.22. The van der Waals surface area contributed by atoms with Gasteiger partial charge in [0.25, 0.3) is 5.91 Å². The van der Waals surface area contributed by atoms with E-state index in [4.69, 9.17) is 33.3 Å². The first-order valence-electron chi connectivity index (χ1n) is 10.9. The van der Waals surface area contributed by atoms with Crippen molar-refractivity contribution in [3.8, 4) is 11.5 Å². The summed E-state index contributed by atoms with van der Waals surface area (Å²) in [7, 11) is 1.63. The largest absolute Gasteiger partial charge is 0.496 e. The maximum atomic E-state index is 13.0. The summed E-state index contributed by atoms with van der Waals surface area (Å²) >= 11 is 11.6. The van der Waals surface area contributed by atoms with Crippen LogP contribution >= 0.6 is 23.8 Å². The molecule has 1 amide bonds. The molecule has 1 aliphatic carbocycles. The Balaban J connectivity index is 1.52. The fourth-order valence-corrected chi connectivity index (χ4v) is 4.71. The molecule has 0 radical (unpaired) electrons. The van der Waals surface area contributed by atoms with Crippen LogP contribution in [-0.4, -0.2) is 29.1 Å². The lowest BCUT2D eigenvalue weighted by molar-refractivity contribution is -0.124. The number of methoxy groups -OCH3 is 1. The van der Waals surface area contributed by atoms with Gasteiger partial charge in [0.15, 0.2) is 5.11 Å². The summed E-state index contributed by atoms with van der Waals surface area (Å²) in [4.78, 5) is 14.8. The maximum Gasteiger partial charge on any atom is 0.276 e. The second kappa shape index (κ2) is 9.92. The van der Waals surface area contributed by atoms with Crippen LogP contribution in [0, 0.1) is 6.92 Å². The molecule has 7 heteroatoms. The highest BCUT2D eigenvalue weighted by atomic mass is 35.5. The van der Waals surface area contributed by atoms with E-state index in [1.54, 1.807) is 12.0 Å². The van der Waals surface area contributed by atoms with E-state index < -0.39 is 0 Å². The zero-order chi connectivity index (χ0) is 22.7. The number of benzene rings is 2. The zero-order valence-corrected chi connectivity index (χ0v) is 19.9. The standard InChI is InChI=1S/C25H27ClN2O3S/c1-16-12-20(9-10-21(16)26)31-15-18-13-17(8-11-23(18)30-2)14-22-24(29)28(25(32)27-22)19-6-4-3-5-7-19/h8-14,19H,3-7,15H2,1-2H3,(H,27,32)/b22-14+. The second-order valence-corrected chi connectivity index (χ2v) is 9.02. The van der Waals surface area contributed by atoms with Crippen LogP contribution in [-0.2, 0) is 11.4 Å². The second-order valence-electron chi connectivity index (χ2n) is 8.23. The smallest absolute Gasteiger partial charge is 0.276 e. The number of rotatable bonds is 6. The van der Waals surface area contributed by atoms with Crippen molar-refractivity contribution < 1.29 is 14.3 Å². The van der Waals surface area contributed by atoms with Gasteiger partial charge >= 0.3 is 0 Å². The molecule has 2 aliphatic rings. The van der Waals surface area contributed by atoms with Gasteiger partial charge in [-0.15, -0.1) is 0 Å². The van der Waals surface area contributed by atoms with Crippen LogP contribution in [0.15, 0.2) is 42.1 Å². The van der Waals surface area contributed by atoms with Gasteiger partial charge in [0.2, 0.25) is 0 Å². The number of nitrogens with one attached hydrogen (secondary N) is 1. The molecule has 2 aromatic carbocycles. The summed E-state index contributed by atoms with van der Waals surface area (Å²) < 4.78 is 11.5. The van der Waals surface area contributed by atoms with Crippen molar-refractivity contribution >= 4 is 40.9 Å². The van der Waals surface area contributed by atoms with E-state index in [9.17, 15) is 4.79 Å². The van der Waals surface area contributed by atoms with Crippen molar-refractivity contribution in [2.24, 2.45) is 0 Å². The average molecular weight is 471 g/mol. The molecule has 0 spiro atoms. The minimum absolute atomic E-state index is 0.0489. The van der Waals surface area contributed by atoms with Crippen LogP contribution < -0.4 is 14.8 Å². The fourth-order valence-electron chi connectivity index (χ4n) is 4.26. The first-order chi connectivity index (χ1) is 15.5. The van der Waals surface area contributed by atoms with Crippen LogP contribution in [0.3, 0.4) is 0 Å². The van der Waals surface area contributed by atoms with Crippen molar-refractivity contribution in [3.05, 3.63) is 63.8 Å². The highest BCUT2D eigenvalue weighted by molar-refractivity contribution is 7.80. The van der Waals surface area contributed by atoms with Gasteiger partial charge in [-0.3, -0.25) is 9.69 Å². The van der Waals surface area contributed by atoms with Gasteiger partial charge in [0.1, 0.15) is 23.8 Å². The summed E-state index contributed by atoms with van der Waals surface area (Å²) in [6.45, 7) is 2.27. The molecule has 1 aliphatic heterocycles. The SMILES string of the molecule is COc1ccc(/C=C2/NC(=S)N(C3CCCCC3)C2=O)cc1COc1ccc(Cl)c(C)c1. The Morgan fingerprint density at radius 3 is 2.69 bits per heavy atom. The number of aryl methyl sites for hydroxylation is 1. The Morgan fingerprint density at radius 1 is 1.19 bits per heavy atom. The number of hydrogen-bond acceptors (Lipinski definition) is 4. The molecule has 1 saturated carbocycles. The van der Waals surface area contributed by atoms with Crippen LogP contribution in [0.25, 0.3) is 6.08 Å². The van der Waals surface area contributed by atoms with Gasteiger partial charge in [0, 0.05) is 16.6 Å². The van der Waals surface area contributed by atoms with E-state index in [-0.39, 0.29) is 11.9 Å². The Morgan fingerprint density at radius 2 is 1.97 bits per heavy atom. The number of hydrogen-bond donors (Lipinski definition) is 1. The molecule has 2 aromatic rings. The van der Waals surface area contributed by atoms with E-state index in [1.807, 2.05) is 49.4 Å². The molecule has 0 atom stereocenters. The molecule has 32 heavy (non-hydrogen) atoms. The normalized spacial score (nSPS) is 18.2. The van der Waals surface area contributed by atoms with E-state index in [1.165, 1.54) is 6.42 Å². The first kappa shape index (κ1) is 22.6. The van der Waals surface area contributed by atoms with Gasteiger partial charge in [0.05, 0.1) is 7.11 Å². The number of ether oxygens (including phenoxy) is 2. The summed E-state index contributed by atoms with van der Waals surface area (Å²) in [5, 5.41) is 4.32. The third-order valence-corrected chi connectivity index (χ3v) is 6.71. The molecule has 0 bridgehead atoms. The molecule has 168 valence electrons. The molecular weight excluding hydrogens is 444 g/mol. The molecule has 4 rings (SSSR count). The number of halogens is 1. The van der Waals surface area contributed by atoms with E-state index >= 15 is 0 Å². The van der Waals surface area contributed by atoms with Crippen molar-refractivity contribution in [2.45, 2.75) is 51.7 Å². The van der Waals surface area contributed by atoms with Gasteiger partial charge in [-0.25, -0.2) is 0 Å². The fraction of sp³-hybridized carbons (Fsp3) is 0.360. The number of thiocarbonyl (C=S) groups is 1. The van der Waals surface area contributed by atoms with Crippen molar-refractivity contribution in [1.29, 1.82) is 0 Å². The topological polar surface area (TPSA) is 50.8 Å². The first-order valence-corrected chi connectivity index (χ1v) is 11.7. The predicted octanol–water partition coefficient (Wildman–Crippen LogP) is 5.63. The Hall–Kier alpha value is -2.57. The summed E-state index contributed by atoms with van der Waals surface area (Å²) in [6, 6.07) is 11.5. The van der Waals surface area contributed by atoms with E-state index in [0.717, 1.165) is 53.9 Å². The van der Waals surface area contributed by atoms with Crippen LogP contribution in [0.1, 0.15) is 48.8 Å². The highest BCUT2D eigenvalue weighted by Gasteiger charge is 2.36. The van der Waals surface area contributed by atoms with Crippen molar-refractivity contribution in [2.75, 3.05) is 7.11 Å². The molecule has 5 nitrogen and oxygen atoms in total. The van der Waals surface area contributed by atoms with Crippen molar-refractivity contribution in [3.63, 3.8) is 0 Å². The Labute approximate surface area is 199 Å². The van der Waals surface area contributed by atoms with Crippen LogP contribution in [0.4, 0.5) is 0 Å². The highest BCUT2D eigenvalue weighted by Crippen LogP contribution is 2.28. The molecular formula is C25H27ClN2O3S. The van der Waals surface area contributed by atoms with Gasteiger partial charge in [-0.1, -0.05) is 36.9 Å². The molecule has 0 aromatic heterocycles. The average Bonchev–Trinajstić information content (AvgIpc) is 3.08. The molecule has 1 heterocycles. The monoisotopic (exact) mass is 470 g/mol. The predicted molar refractivity (Wildman–Crippen MR) is 131 cm³/mol. The lowest BCUT2D eigenvalue weighted by Gasteiger charge is -2.29. The minimum Gasteiger partial charge on any atom is -0.496 e. The van der Waals surface area contributed by atoms with Gasteiger partial charge in [-0.05, 0) is 79.5 Å². The van der Waals surface area contributed by atoms with E-state index in [0.29, 0.717) is 22.4 Å². The summed E-state index contributed by atoms with van der Waals surface area (Å²) in [6.07, 6.45) is 7.38. The molecule has 2 fully saturated rings. The molecule has 0 unspecified atom stereocenters. The minimum atomic E-state index is -0.0489. The maximum absolute atomic E-state index is 13.0. The zero-order valence-electron chi connectivity index (χ0n) is 18.3. The number of carbonyl (C=O) groups excluding carboxylic acids is 1. The quantitative estimate of drug-likeness (QED) is 0.438. The number of nitrogens with zero attached hydrogens (tertiary/aromatic N) is 1. The summed E-state index contributed by atoms with van der Waals surface area (Å²) in [5.74, 6) is 1.41. The molecule has 1 saturated heterocycles. The third kappa shape index (κ3) is 4.92.